The lowest BCUT2D eigenvalue weighted by atomic mass is 10.0. The lowest BCUT2D eigenvalue weighted by molar-refractivity contribution is 0.0788. The molecule has 0 aliphatic rings. The van der Waals surface area contributed by atoms with Gasteiger partial charge in [0.1, 0.15) is 0 Å². The Balaban J connectivity index is 0.00000361. The molecule has 0 aliphatic carbocycles. The summed E-state index contributed by atoms with van der Waals surface area (Å²) in [4.78, 5) is 14.2. The zero-order chi connectivity index (χ0) is 14.6. The molecule has 0 heterocycles. The molecular weight excluding hydrogens is 272 g/mol. The van der Waals surface area contributed by atoms with Gasteiger partial charge in [-0.05, 0) is 37.8 Å². The van der Waals surface area contributed by atoms with Crippen molar-refractivity contribution in [1.29, 1.82) is 0 Å². The molecule has 0 bridgehead atoms. The molecule has 1 aromatic carbocycles. The Bertz CT molecular complexity index is 446. The lowest BCUT2D eigenvalue weighted by Gasteiger charge is -2.22. The molecule has 1 amide bonds. The molecule has 0 aromatic heterocycles. The molecule has 0 spiro atoms. The summed E-state index contributed by atoms with van der Waals surface area (Å²) in [6.07, 6.45) is 0.838. The van der Waals surface area contributed by atoms with Gasteiger partial charge in [-0.15, -0.1) is 12.4 Å². The third-order valence-electron chi connectivity index (χ3n) is 3.62. The molecular formula is C16H27ClN2O. The molecule has 0 aliphatic heterocycles. The van der Waals surface area contributed by atoms with Crippen molar-refractivity contribution < 1.29 is 4.79 Å². The standard InChI is InChI=1S/C16H26N2O.ClH/c1-11(2)15(17)8-9-18(5)16(19)14-10-12(3)6-7-13(14)4;/h6-7,10-11,15H,8-9,17H2,1-5H3;1H. The lowest BCUT2D eigenvalue weighted by Crippen LogP contribution is -2.34. The highest BCUT2D eigenvalue weighted by atomic mass is 35.5. The minimum Gasteiger partial charge on any atom is -0.342 e. The van der Waals surface area contributed by atoms with Gasteiger partial charge in [-0.25, -0.2) is 0 Å². The van der Waals surface area contributed by atoms with Gasteiger partial charge >= 0.3 is 0 Å². The molecule has 1 atom stereocenters. The highest BCUT2D eigenvalue weighted by Gasteiger charge is 2.16. The van der Waals surface area contributed by atoms with Crippen LogP contribution in [0.5, 0.6) is 0 Å². The van der Waals surface area contributed by atoms with Gasteiger partial charge in [-0.3, -0.25) is 4.79 Å². The summed E-state index contributed by atoms with van der Waals surface area (Å²) in [6.45, 7) is 8.89. The van der Waals surface area contributed by atoms with Gasteiger partial charge in [0.15, 0.2) is 0 Å². The number of aryl methyl sites for hydroxylation is 2. The highest BCUT2D eigenvalue weighted by molar-refractivity contribution is 5.95. The van der Waals surface area contributed by atoms with Crippen molar-refractivity contribution >= 4 is 18.3 Å². The summed E-state index contributed by atoms with van der Waals surface area (Å²) in [6, 6.07) is 6.13. The van der Waals surface area contributed by atoms with Crippen LogP contribution in [-0.4, -0.2) is 30.4 Å². The summed E-state index contributed by atoms with van der Waals surface area (Å²) >= 11 is 0. The summed E-state index contributed by atoms with van der Waals surface area (Å²) in [7, 11) is 1.84. The fourth-order valence-corrected chi connectivity index (χ4v) is 1.95. The first-order chi connectivity index (χ1) is 8.82. The molecule has 1 unspecified atom stereocenters. The topological polar surface area (TPSA) is 46.3 Å². The first-order valence-electron chi connectivity index (χ1n) is 6.91. The number of hydrogen-bond acceptors (Lipinski definition) is 2. The minimum atomic E-state index is 0. The van der Waals surface area contributed by atoms with E-state index in [1.165, 1.54) is 0 Å². The second-order valence-corrected chi connectivity index (χ2v) is 5.74. The molecule has 0 saturated heterocycles. The van der Waals surface area contributed by atoms with Gasteiger partial charge < -0.3 is 10.6 Å². The van der Waals surface area contributed by atoms with Gasteiger partial charge in [0.2, 0.25) is 0 Å². The zero-order valence-electron chi connectivity index (χ0n) is 13.1. The Morgan fingerprint density at radius 2 is 1.90 bits per heavy atom. The van der Waals surface area contributed by atoms with Crippen molar-refractivity contribution in [1.82, 2.24) is 4.90 Å². The number of amides is 1. The van der Waals surface area contributed by atoms with Gasteiger partial charge in [0.05, 0.1) is 0 Å². The van der Waals surface area contributed by atoms with Crippen LogP contribution in [0.4, 0.5) is 0 Å². The average molecular weight is 299 g/mol. The normalized spacial score (nSPS) is 11.9. The number of hydrogen-bond donors (Lipinski definition) is 1. The number of nitrogens with zero attached hydrogens (tertiary/aromatic N) is 1. The average Bonchev–Trinajstić information content (AvgIpc) is 2.37. The van der Waals surface area contributed by atoms with Crippen molar-refractivity contribution in [2.24, 2.45) is 11.7 Å². The predicted molar refractivity (Wildman–Crippen MR) is 87.6 cm³/mol. The molecule has 3 nitrogen and oxygen atoms in total. The van der Waals surface area contributed by atoms with Crippen molar-refractivity contribution in [2.75, 3.05) is 13.6 Å². The SMILES string of the molecule is Cc1ccc(C)c(C(=O)N(C)CCC(N)C(C)C)c1.Cl. The second kappa shape index (κ2) is 8.28. The van der Waals surface area contributed by atoms with Gasteiger partial charge in [0, 0.05) is 25.2 Å². The Hall–Kier alpha value is -1.06. The van der Waals surface area contributed by atoms with Crippen LogP contribution in [0.3, 0.4) is 0 Å². The van der Waals surface area contributed by atoms with E-state index in [0.29, 0.717) is 12.5 Å². The van der Waals surface area contributed by atoms with E-state index in [2.05, 4.69) is 13.8 Å². The summed E-state index contributed by atoms with van der Waals surface area (Å²) in [5.74, 6) is 0.529. The molecule has 114 valence electrons. The van der Waals surface area contributed by atoms with Crippen LogP contribution in [0, 0.1) is 19.8 Å². The molecule has 4 heteroatoms. The number of halogens is 1. The molecule has 0 radical (unpaired) electrons. The van der Waals surface area contributed by atoms with E-state index >= 15 is 0 Å². The van der Waals surface area contributed by atoms with E-state index in [1.807, 2.05) is 39.1 Å². The van der Waals surface area contributed by atoms with Crippen LogP contribution < -0.4 is 5.73 Å². The fraction of sp³-hybridized carbons (Fsp3) is 0.562. The third kappa shape index (κ3) is 5.14. The molecule has 0 saturated carbocycles. The molecule has 0 fully saturated rings. The molecule has 1 aromatic rings. The van der Waals surface area contributed by atoms with Crippen LogP contribution in [0.15, 0.2) is 18.2 Å². The van der Waals surface area contributed by atoms with Crippen molar-refractivity contribution in [3.8, 4) is 0 Å². The van der Waals surface area contributed by atoms with E-state index < -0.39 is 0 Å². The second-order valence-electron chi connectivity index (χ2n) is 5.74. The molecule has 20 heavy (non-hydrogen) atoms. The minimum absolute atomic E-state index is 0. The Kier molecular flexibility index (Phi) is 7.84. The summed E-state index contributed by atoms with van der Waals surface area (Å²) < 4.78 is 0. The van der Waals surface area contributed by atoms with Crippen LogP contribution >= 0.6 is 12.4 Å². The van der Waals surface area contributed by atoms with Gasteiger partial charge in [0.25, 0.3) is 5.91 Å². The van der Waals surface area contributed by atoms with E-state index in [4.69, 9.17) is 5.73 Å². The highest BCUT2D eigenvalue weighted by Crippen LogP contribution is 2.13. The van der Waals surface area contributed by atoms with Crippen LogP contribution in [0.1, 0.15) is 41.8 Å². The Morgan fingerprint density at radius 1 is 1.30 bits per heavy atom. The first kappa shape index (κ1) is 18.9. The van der Waals surface area contributed by atoms with E-state index in [9.17, 15) is 4.79 Å². The smallest absolute Gasteiger partial charge is 0.253 e. The maximum atomic E-state index is 12.4. The quantitative estimate of drug-likeness (QED) is 0.907. The van der Waals surface area contributed by atoms with Gasteiger partial charge in [-0.1, -0.05) is 31.5 Å². The van der Waals surface area contributed by atoms with Crippen LogP contribution in [0.2, 0.25) is 0 Å². The van der Waals surface area contributed by atoms with Crippen LogP contribution in [0.25, 0.3) is 0 Å². The van der Waals surface area contributed by atoms with E-state index in [-0.39, 0.29) is 24.4 Å². The number of carbonyl (C=O) groups excluding carboxylic acids is 1. The van der Waals surface area contributed by atoms with Crippen molar-refractivity contribution in [3.63, 3.8) is 0 Å². The largest absolute Gasteiger partial charge is 0.342 e. The van der Waals surface area contributed by atoms with Crippen LogP contribution in [-0.2, 0) is 0 Å². The van der Waals surface area contributed by atoms with Gasteiger partial charge in [-0.2, -0.15) is 0 Å². The maximum Gasteiger partial charge on any atom is 0.253 e. The van der Waals surface area contributed by atoms with Crippen molar-refractivity contribution in [3.05, 3.63) is 34.9 Å². The third-order valence-corrected chi connectivity index (χ3v) is 3.62. The van der Waals surface area contributed by atoms with Crippen molar-refractivity contribution in [2.45, 2.75) is 40.2 Å². The summed E-state index contributed by atoms with van der Waals surface area (Å²) in [5, 5.41) is 0. The van der Waals surface area contributed by atoms with E-state index in [0.717, 1.165) is 23.1 Å². The van der Waals surface area contributed by atoms with E-state index in [1.54, 1.807) is 4.90 Å². The monoisotopic (exact) mass is 298 g/mol. The number of carbonyl (C=O) groups is 1. The Morgan fingerprint density at radius 3 is 2.45 bits per heavy atom. The number of nitrogens with two attached hydrogens (primary N) is 1. The first-order valence-corrected chi connectivity index (χ1v) is 6.91. The molecule has 1 rings (SSSR count). The fourth-order valence-electron chi connectivity index (χ4n) is 1.95. The zero-order valence-corrected chi connectivity index (χ0v) is 14.0. The maximum absolute atomic E-state index is 12.4. The predicted octanol–water partition coefficient (Wildman–Crippen LogP) is 3.17. The molecule has 2 N–H and O–H groups in total. The number of benzene rings is 1. The summed E-state index contributed by atoms with van der Waals surface area (Å²) in [5.41, 5.74) is 8.95. The Labute approximate surface area is 128 Å². The number of rotatable bonds is 5.